The number of sulfone groups is 1. The fourth-order valence-electron chi connectivity index (χ4n) is 2.56. The minimum atomic E-state index is -2.66. The third-order valence-electron chi connectivity index (χ3n) is 3.10. The summed E-state index contributed by atoms with van der Waals surface area (Å²) in [5.74, 6) is 1.60. The van der Waals surface area contributed by atoms with Crippen LogP contribution in [0.2, 0.25) is 0 Å². The second-order valence-electron chi connectivity index (χ2n) is 4.03. The zero-order valence-corrected chi connectivity index (χ0v) is 7.60. The molecule has 3 unspecified atom stereocenters. The molecule has 11 heavy (non-hydrogen) atoms. The Labute approximate surface area is 67.9 Å². The molecular weight excluding hydrogens is 160 g/mol. The van der Waals surface area contributed by atoms with E-state index in [9.17, 15) is 8.42 Å². The molecule has 3 heteroatoms. The Morgan fingerprint density at radius 1 is 1.27 bits per heavy atom. The highest BCUT2D eigenvalue weighted by Gasteiger charge is 2.45. The zero-order chi connectivity index (χ0) is 8.06. The molecule has 1 heterocycles. The molecule has 0 aromatic carbocycles. The molecule has 2 fully saturated rings. The average Bonchev–Trinajstić information content (AvgIpc) is 2.35. The summed E-state index contributed by atoms with van der Waals surface area (Å²) in [6.45, 7) is 2.16. The first kappa shape index (κ1) is 7.59. The van der Waals surface area contributed by atoms with E-state index < -0.39 is 9.84 Å². The van der Waals surface area contributed by atoms with Crippen LogP contribution in [0.25, 0.3) is 0 Å². The van der Waals surface area contributed by atoms with Gasteiger partial charge >= 0.3 is 0 Å². The molecule has 0 spiro atoms. The average molecular weight is 174 g/mol. The van der Waals surface area contributed by atoms with E-state index in [2.05, 4.69) is 6.92 Å². The van der Waals surface area contributed by atoms with Crippen molar-refractivity contribution in [1.29, 1.82) is 0 Å². The van der Waals surface area contributed by atoms with Crippen LogP contribution >= 0.6 is 0 Å². The van der Waals surface area contributed by atoms with Crippen LogP contribution in [0.3, 0.4) is 0 Å². The maximum absolute atomic E-state index is 11.4. The molecule has 64 valence electrons. The van der Waals surface area contributed by atoms with Crippen LogP contribution < -0.4 is 0 Å². The summed E-state index contributed by atoms with van der Waals surface area (Å²) in [5, 5.41) is 0.0394. The molecule has 0 amide bonds. The predicted octanol–water partition coefficient (Wildman–Crippen LogP) is 1.22. The molecule has 2 rings (SSSR count). The Kier molecular flexibility index (Phi) is 1.53. The van der Waals surface area contributed by atoms with Crippen molar-refractivity contribution in [1.82, 2.24) is 0 Å². The van der Waals surface area contributed by atoms with Gasteiger partial charge in [-0.3, -0.25) is 0 Å². The van der Waals surface area contributed by atoms with Gasteiger partial charge < -0.3 is 0 Å². The number of hydrogen-bond donors (Lipinski definition) is 0. The first-order valence-electron chi connectivity index (χ1n) is 4.31. The van der Waals surface area contributed by atoms with Crippen LogP contribution in [0.1, 0.15) is 26.2 Å². The van der Waals surface area contributed by atoms with Gasteiger partial charge in [0, 0.05) is 0 Å². The minimum absolute atomic E-state index is 0.0394. The number of hydrogen-bond acceptors (Lipinski definition) is 2. The summed E-state index contributed by atoms with van der Waals surface area (Å²) in [7, 11) is -2.66. The lowest BCUT2D eigenvalue weighted by atomic mass is 10.0. The second kappa shape index (κ2) is 2.22. The Balaban J connectivity index is 2.27. The summed E-state index contributed by atoms with van der Waals surface area (Å²) in [5.41, 5.74) is 0. The number of fused-ring (bicyclic) bond motifs is 1. The van der Waals surface area contributed by atoms with E-state index in [1.807, 2.05) is 0 Å². The molecule has 1 aliphatic carbocycles. The first-order valence-corrected chi connectivity index (χ1v) is 6.03. The molecule has 1 saturated heterocycles. The summed E-state index contributed by atoms with van der Waals surface area (Å²) in [6.07, 6.45) is 2.99. The lowest BCUT2D eigenvalue weighted by Gasteiger charge is -2.05. The third kappa shape index (κ3) is 1.10. The SMILES string of the molecule is CC1CC2CCS(=O)(=O)C2C1. The summed E-state index contributed by atoms with van der Waals surface area (Å²) in [4.78, 5) is 0. The first-order chi connectivity index (χ1) is 5.09. The molecule has 0 aromatic rings. The van der Waals surface area contributed by atoms with Crippen molar-refractivity contribution in [2.75, 3.05) is 5.75 Å². The van der Waals surface area contributed by atoms with Crippen molar-refractivity contribution in [2.24, 2.45) is 11.8 Å². The van der Waals surface area contributed by atoms with Gasteiger partial charge in [-0.05, 0) is 31.1 Å². The molecule has 0 radical (unpaired) electrons. The largest absolute Gasteiger partial charge is 0.229 e. The van der Waals surface area contributed by atoms with Crippen molar-refractivity contribution in [3.05, 3.63) is 0 Å². The van der Waals surface area contributed by atoms with Crippen molar-refractivity contribution < 1.29 is 8.42 Å². The molecule has 0 N–H and O–H groups in total. The fraction of sp³-hybridized carbons (Fsp3) is 1.00. The highest BCUT2D eigenvalue weighted by atomic mass is 32.2. The third-order valence-corrected chi connectivity index (χ3v) is 5.40. The Hall–Kier alpha value is -0.0500. The quantitative estimate of drug-likeness (QED) is 0.553. The van der Waals surface area contributed by atoms with Crippen LogP contribution in [-0.2, 0) is 9.84 Å². The smallest absolute Gasteiger partial charge is 0.153 e. The van der Waals surface area contributed by atoms with Crippen molar-refractivity contribution in [3.63, 3.8) is 0 Å². The summed E-state index contributed by atoms with van der Waals surface area (Å²) in [6, 6.07) is 0. The van der Waals surface area contributed by atoms with E-state index in [-0.39, 0.29) is 5.25 Å². The lowest BCUT2D eigenvalue weighted by molar-refractivity contribution is 0.520. The van der Waals surface area contributed by atoms with E-state index in [0.717, 1.165) is 19.3 Å². The lowest BCUT2D eigenvalue weighted by Crippen LogP contribution is -2.16. The highest BCUT2D eigenvalue weighted by molar-refractivity contribution is 7.92. The van der Waals surface area contributed by atoms with Gasteiger partial charge in [-0.15, -0.1) is 0 Å². The summed E-state index contributed by atoms with van der Waals surface area (Å²) >= 11 is 0. The predicted molar refractivity (Wildman–Crippen MR) is 44.1 cm³/mol. The van der Waals surface area contributed by atoms with Crippen LogP contribution in [0.5, 0.6) is 0 Å². The topological polar surface area (TPSA) is 34.1 Å². The minimum Gasteiger partial charge on any atom is -0.229 e. The molecule has 3 atom stereocenters. The molecule has 1 aliphatic heterocycles. The molecule has 2 nitrogen and oxygen atoms in total. The van der Waals surface area contributed by atoms with Gasteiger partial charge in [0.2, 0.25) is 0 Å². The Morgan fingerprint density at radius 2 is 2.00 bits per heavy atom. The zero-order valence-electron chi connectivity index (χ0n) is 6.79. The highest BCUT2D eigenvalue weighted by Crippen LogP contribution is 2.42. The van der Waals surface area contributed by atoms with Crippen LogP contribution in [0.4, 0.5) is 0 Å². The molecule has 1 saturated carbocycles. The second-order valence-corrected chi connectivity index (χ2v) is 6.37. The van der Waals surface area contributed by atoms with E-state index >= 15 is 0 Å². The van der Waals surface area contributed by atoms with Crippen LogP contribution in [0.15, 0.2) is 0 Å². The van der Waals surface area contributed by atoms with Crippen LogP contribution in [0, 0.1) is 11.8 Å². The fourth-order valence-corrected chi connectivity index (χ4v) is 4.95. The molecule has 0 aromatic heterocycles. The van der Waals surface area contributed by atoms with Crippen molar-refractivity contribution >= 4 is 9.84 Å². The molecule has 2 aliphatic rings. The normalized spacial score (nSPS) is 47.5. The summed E-state index contributed by atoms with van der Waals surface area (Å²) < 4.78 is 22.8. The van der Waals surface area contributed by atoms with Crippen molar-refractivity contribution in [3.8, 4) is 0 Å². The van der Waals surface area contributed by atoms with E-state index in [1.54, 1.807) is 0 Å². The van der Waals surface area contributed by atoms with E-state index in [4.69, 9.17) is 0 Å². The van der Waals surface area contributed by atoms with Gasteiger partial charge in [0.15, 0.2) is 9.84 Å². The Bertz CT molecular complexity index is 255. The monoisotopic (exact) mass is 174 g/mol. The maximum Gasteiger partial charge on any atom is 0.153 e. The van der Waals surface area contributed by atoms with Gasteiger partial charge in [-0.2, -0.15) is 0 Å². The Morgan fingerprint density at radius 3 is 2.64 bits per heavy atom. The van der Waals surface area contributed by atoms with Gasteiger partial charge in [-0.25, -0.2) is 8.42 Å². The van der Waals surface area contributed by atoms with Gasteiger partial charge in [0.25, 0.3) is 0 Å². The standard InChI is InChI=1S/C8H14O2S/c1-6-4-7-2-3-11(9,10)8(7)5-6/h6-8H,2-5H2,1H3. The van der Waals surface area contributed by atoms with Crippen LogP contribution in [-0.4, -0.2) is 19.4 Å². The molecular formula is C8H14O2S. The maximum atomic E-state index is 11.4. The van der Waals surface area contributed by atoms with E-state index in [1.165, 1.54) is 0 Å². The number of rotatable bonds is 0. The molecule has 0 bridgehead atoms. The van der Waals surface area contributed by atoms with Crippen molar-refractivity contribution in [2.45, 2.75) is 31.4 Å². The van der Waals surface area contributed by atoms with Gasteiger partial charge in [0.05, 0.1) is 11.0 Å². The van der Waals surface area contributed by atoms with E-state index in [0.29, 0.717) is 17.6 Å². The van der Waals surface area contributed by atoms with Gasteiger partial charge in [0.1, 0.15) is 0 Å². The van der Waals surface area contributed by atoms with Gasteiger partial charge in [-0.1, -0.05) is 6.92 Å².